The number of hydrogen-bond donors (Lipinski definition) is 2. The summed E-state index contributed by atoms with van der Waals surface area (Å²) in [6.45, 7) is 5.54. The van der Waals surface area contributed by atoms with Crippen LogP contribution in [0.4, 0.5) is 0 Å². The molecule has 6 nitrogen and oxygen atoms in total. The summed E-state index contributed by atoms with van der Waals surface area (Å²) in [5, 5.41) is 9.60. The lowest BCUT2D eigenvalue weighted by Gasteiger charge is -2.25. The Labute approximate surface area is 125 Å². The van der Waals surface area contributed by atoms with Crippen LogP contribution in [0.15, 0.2) is 23.1 Å². The van der Waals surface area contributed by atoms with Crippen molar-refractivity contribution in [3.8, 4) is 5.75 Å². The predicted molar refractivity (Wildman–Crippen MR) is 78.8 cm³/mol. The number of benzene rings is 1. The molecule has 0 aliphatic heterocycles. The number of methoxy groups -OCH3 is 1. The molecule has 0 aromatic heterocycles. The second-order valence-corrected chi connectivity index (χ2v) is 7.09. The van der Waals surface area contributed by atoms with Gasteiger partial charge in [0, 0.05) is 5.54 Å². The van der Waals surface area contributed by atoms with Gasteiger partial charge in [-0.2, -0.15) is 0 Å². The van der Waals surface area contributed by atoms with Crippen LogP contribution in [-0.2, 0) is 14.8 Å². The van der Waals surface area contributed by atoms with E-state index in [0.717, 1.165) is 25.7 Å². The summed E-state index contributed by atoms with van der Waals surface area (Å²) in [5.41, 5.74) is -0.787. The van der Waals surface area contributed by atoms with E-state index in [9.17, 15) is 18.3 Å². The first-order valence-corrected chi connectivity index (χ1v) is 8.06. The molecule has 1 aromatic carbocycles. The third-order valence-corrected chi connectivity index (χ3v) is 4.67. The smallest absolute Gasteiger partial charge is 0.341 e. The van der Waals surface area contributed by atoms with Gasteiger partial charge in [0.1, 0.15) is 11.3 Å². The van der Waals surface area contributed by atoms with E-state index in [0.29, 0.717) is 6.42 Å². The highest BCUT2D eigenvalue weighted by Gasteiger charge is 2.26. The number of phenols is 1. The Balaban J connectivity index is 3.18. The van der Waals surface area contributed by atoms with Gasteiger partial charge in [-0.3, -0.25) is 0 Å². The Morgan fingerprint density at radius 2 is 2.00 bits per heavy atom. The van der Waals surface area contributed by atoms with Crippen molar-refractivity contribution in [1.82, 2.24) is 4.72 Å². The van der Waals surface area contributed by atoms with E-state index in [1.165, 1.54) is 6.07 Å². The molecule has 118 valence electrons. The van der Waals surface area contributed by atoms with Crippen LogP contribution in [0.2, 0.25) is 0 Å². The summed E-state index contributed by atoms with van der Waals surface area (Å²) in [5.74, 6) is -1.12. The number of sulfonamides is 1. The molecule has 0 unspecified atom stereocenters. The minimum Gasteiger partial charge on any atom is -0.507 e. The lowest BCUT2D eigenvalue weighted by Crippen LogP contribution is -2.43. The van der Waals surface area contributed by atoms with Crippen LogP contribution in [0.3, 0.4) is 0 Å². The molecule has 0 radical (unpaired) electrons. The SMILES string of the molecule is CCCC(C)(C)NS(=O)(=O)c1ccc(O)c(C(=O)OC)c1. The van der Waals surface area contributed by atoms with Crippen LogP contribution in [0.5, 0.6) is 5.75 Å². The van der Waals surface area contributed by atoms with Gasteiger partial charge in [-0.1, -0.05) is 13.3 Å². The van der Waals surface area contributed by atoms with Crippen molar-refractivity contribution in [2.24, 2.45) is 0 Å². The van der Waals surface area contributed by atoms with Crippen LogP contribution in [0, 0.1) is 0 Å². The summed E-state index contributed by atoms with van der Waals surface area (Å²) < 4.78 is 31.8. The molecular formula is C14H21NO5S. The molecule has 1 aromatic rings. The average molecular weight is 315 g/mol. The molecule has 21 heavy (non-hydrogen) atoms. The van der Waals surface area contributed by atoms with Gasteiger partial charge in [-0.25, -0.2) is 17.9 Å². The van der Waals surface area contributed by atoms with Gasteiger partial charge in [0.15, 0.2) is 0 Å². The zero-order valence-corrected chi connectivity index (χ0v) is 13.5. The van der Waals surface area contributed by atoms with Crippen LogP contribution in [0.25, 0.3) is 0 Å². The highest BCUT2D eigenvalue weighted by Crippen LogP contribution is 2.23. The van der Waals surface area contributed by atoms with Gasteiger partial charge in [0.05, 0.1) is 12.0 Å². The third-order valence-electron chi connectivity index (χ3n) is 2.97. The molecule has 0 heterocycles. The second-order valence-electron chi connectivity index (χ2n) is 5.41. The summed E-state index contributed by atoms with van der Waals surface area (Å²) >= 11 is 0. The van der Waals surface area contributed by atoms with Crippen LogP contribution in [-0.4, -0.2) is 32.1 Å². The minimum absolute atomic E-state index is 0.0927. The minimum atomic E-state index is -3.79. The number of ether oxygens (including phenoxy) is 1. The zero-order chi connectivity index (χ0) is 16.3. The molecule has 0 atom stereocenters. The molecule has 0 aliphatic carbocycles. The van der Waals surface area contributed by atoms with E-state index in [4.69, 9.17) is 0 Å². The van der Waals surface area contributed by atoms with Crippen molar-refractivity contribution in [1.29, 1.82) is 0 Å². The van der Waals surface area contributed by atoms with Crippen LogP contribution in [0.1, 0.15) is 44.0 Å². The first-order chi connectivity index (χ1) is 9.63. The van der Waals surface area contributed by atoms with Crippen molar-refractivity contribution in [3.05, 3.63) is 23.8 Å². The van der Waals surface area contributed by atoms with E-state index < -0.39 is 21.5 Å². The fourth-order valence-electron chi connectivity index (χ4n) is 2.05. The van der Waals surface area contributed by atoms with Crippen LogP contribution < -0.4 is 4.72 Å². The van der Waals surface area contributed by atoms with E-state index >= 15 is 0 Å². The lowest BCUT2D eigenvalue weighted by molar-refractivity contribution is 0.0597. The zero-order valence-electron chi connectivity index (χ0n) is 12.6. The number of carbonyl (C=O) groups excluding carboxylic acids is 1. The fourth-order valence-corrected chi connectivity index (χ4v) is 3.52. The number of carbonyl (C=O) groups is 1. The predicted octanol–water partition coefficient (Wildman–Crippen LogP) is 2.04. The topological polar surface area (TPSA) is 92.7 Å². The average Bonchev–Trinajstić information content (AvgIpc) is 2.36. The number of rotatable bonds is 6. The summed E-state index contributed by atoms with van der Waals surface area (Å²) in [7, 11) is -2.63. The number of nitrogens with one attached hydrogen (secondary N) is 1. The maximum atomic E-state index is 12.4. The largest absolute Gasteiger partial charge is 0.507 e. The van der Waals surface area contributed by atoms with Gasteiger partial charge in [0.2, 0.25) is 10.0 Å². The molecule has 2 N–H and O–H groups in total. The summed E-state index contributed by atoms with van der Waals surface area (Å²) in [4.78, 5) is 11.4. The van der Waals surface area contributed by atoms with Crippen molar-refractivity contribution in [2.75, 3.05) is 7.11 Å². The Morgan fingerprint density at radius 3 is 2.52 bits per heavy atom. The van der Waals surface area contributed by atoms with Gasteiger partial charge in [0.25, 0.3) is 0 Å². The third kappa shape index (κ3) is 4.44. The van der Waals surface area contributed by atoms with Gasteiger partial charge in [-0.15, -0.1) is 0 Å². The molecule has 0 amide bonds. The van der Waals surface area contributed by atoms with Crippen molar-refractivity contribution >= 4 is 16.0 Å². The Bertz CT molecular complexity index is 622. The number of phenolic OH excluding ortho intramolecular Hbond substituents is 1. The molecule has 0 bridgehead atoms. The van der Waals surface area contributed by atoms with Crippen LogP contribution >= 0.6 is 0 Å². The maximum Gasteiger partial charge on any atom is 0.341 e. The van der Waals surface area contributed by atoms with Crippen molar-refractivity contribution in [3.63, 3.8) is 0 Å². The number of aromatic hydroxyl groups is 1. The standard InChI is InChI=1S/C14H21NO5S/c1-5-8-14(2,3)15-21(18,19)10-6-7-12(16)11(9-10)13(17)20-4/h6-7,9,15-16H,5,8H2,1-4H3. The Hall–Kier alpha value is -1.60. The van der Waals surface area contributed by atoms with E-state index in [1.807, 2.05) is 6.92 Å². The number of hydrogen-bond acceptors (Lipinski definition) is 5. The molecule has 0 aliphatic rings. The lowest BCUT2D eigenvalue weighted by atomic mass is 10.0. The molecule has 1 rings (SSSR count). The molecule has 0 spiro atoms. The monoisotopic (exact) mass is 315 g/mol. The molecule has 0 saturated heterocycles. The van der Waals surface area contributed by atoms with Crippen molar-refractivity contribution in [2.45, 2.75) is 44.0 Å². The normalized spacial score (nSPS) is 12.2. The maximum absolute atomic E-state index is 12.4. The molecule has 0 fully saturated rings. The highest BCUT2D eigenvalue weighted by molar-refractivity contribution is 7.89. The van der Waals surface area contributed by atoms with Crippen molar-refractivity contribution < 1.29 is 23.1 Å². The molecular weight excluding hydrogens is 294 g/mol. The first-order valence-electron chi connectivity index (χ1n) is 6.58. The highest BCUT2D eigenvalue weighted by atomic mass is 32.2. The van der Waals surface area contributed by atoms with E-state index in [-0.39, 0.29) is 16.2 Å². The fraction of sp³-hybridized carbons (Fsp3) is 0.500. The van der Waals surface area contributed by atoms with Gasteiger partial charge in [-0.05, 0) is 38.5 Å². The quantitative estimate of drug-likeness (QED) is 0.784. The summed E-state index contributed by atoms with van der Waals surface area (Å²) in [6, 6.07) is 3.51. The first kappa shape index (κ1) is 17.5. The summed E-state index contributed by atoms with van der Waals surface area (Å²) in [6.07, 6.45) is 1.51. The Kier molecular flexibility index (Phi) is 5.36. The number of esters is 1. The van der Waals surface area contributed by atoms with Gasteiger partial charge >= 0.3 is 5.97 Å². The second kappa shape index (κ2) is 6.44. The van der Waals surface area contributed by atoms with E-state index in [2.05, 4.69) is 9.46 Å². The van der Waals surface area contributed by atoms with E-state index in [1.54, 1.807) is 13.8 Å². The molecule has 7 heteroatoms. The molecule has 0 saturated carbocycles. The Morgan fingerprint density at radius 1 is 1.38 bits per heavy atom. The van der Waals surface area contributed by atoms with Gasteiger partial charge < -0.3 is 9.84 Å².